The Kier molecular flexibility index (Phi) is 5.47. The van der Waals surface area contributed by atoms with Gasteiger partial charge in [-0.15, -0.1) is 0 Å². The van der Waals surface area contributed by atoms with Crippen LogP contribution in [0.4, 0.5) is 0 Å². The van der Waals surface area contributed by atoms with Crippen LogP contribution in [0.2, 0.25) is 5.02 Å². The number of halogens is 1. The molecule has 0 atom stereocenters. The zero-order chi connectivity index (χ0) is 9.56. The van der Waals surface area contributed by atoms with Crippen LogP contribution in [0.25, 0.3) is 0 Å². The van der Waals surface area contributed by atoms with Gasteiger partial charge in [0.1, 0.15) is 0 Å². The lowest BCUT2D eigenvalue weighted by atomic mass is 10.3. The second kappa shape index (κ2) is 5.84. The van der Waals surface area contributed by atoms with Crippen molar-refractivity contribution in [2.24, 2.45) is 0 Å². The van der Waals surface area contributed by atoms with Crippen LogP contribution >= 0.6 is 11.6 Å². The van der Waals surface area contributed by atoms with Crippen LogP contribution in [0, 0.1) is 6.92 Å². The first-order chi connectivity index (χ1) is 5.74. The summed E-state index contributed by atoms with van der Waals surface area (Å²) in [5, 5.41) is 0.667. The van der Waals surface area contributed by atoms with Gasteiger partial charge in [-0.3, -0.25) is 0 Å². The molecular weight excluding hydrogens is 174 g/mol. The normalized spacial score (nSPS) is 8.42. The number of rotatable bonds is 1. The minimum absolute atomic E-state index is 0.599. The summed E-state index contributed by atoms with van der Waals surface area (Å²) in [4.78, 5) is 3.90. The molecule has 0 aliphatic rings. The summed E-state index contributed by atoms with van der Waals surface area (Å²) >= 11 is 5.72. The predicted octanol–water partition coefficient (Wildman–Crippen LogP) is 3.08. The van der Waals surface area contributed by atoms with Gasteiger partial charge in [0.05, 0.1) is 12.1 Å². The van der Waals surface area contributed by atoms with Gasteiger partial charge >= 0.3 is 0 Å². The highest BCUT2D eigenvalue weighted by atomic mass is 35.5. The van der Waals surface area contributed by atoms with E-state index in [1.165, 1.54) is 0 Å². The third kappa shape index (κ3) is 3.09. The topological polar surface area (TPSA) is 22.1 Å². The quantitative estimate of drug-likeness (QED) is 0.674. The average molecular weight is 188 g/mol. The molecule has 0 aliphatic carbocycles. The van der Waals surface area contributed by atoms with Crippen molar-refractivity contribution in [2.45, 2.75) is 20.8 Å². The van der Waals surface area contributed by atoms with Crippen molar-refractivity contribution in [3.05, 3.63) is 22.8 Å². The van der Waals surface area contributed by atoms with Crippen molar-refractivity contribution >= 4 is 11.6 Å². The SMILES string of the molecule is CC.COc1cc(C)c(Cl)cn1. The van der Waals surface area contributed by atoms with Gasteiger partial charge in [0.2, 0.25) is 5.88 Å². The number of nitrogens with zero attached hydrogens (tertiary/aromatic N) is 1. The van der Waals surface area contributed by atoms with Crippen LogP contribution in [-0.2, 0) is 0 Å². The first kappa shape index (κ1) is 11.2. The highest BCUT2D eigenvalue weighted by Crippen LogP contribution is 2.16. The molecule has 0 amide bonds. The Balaban J connectivity index is 0.000000561. The van der Waals surface area contributed by atoms with Gasteiger partial charge in [-0.1, -0.05) is 25.4 Å². The number of hydrogen-bond acceptors (Lipinski definition) is 2. The van der Waals surface area contributed by atoms with Crippen LogP contribution in [-0.4, -0.2) is 12.1 Å². The van der Waals surface area contributed by atoms with E-state index >= 15 is 0 Å². The Morgan fingerprint density at radius 2 is 2.00 bits per heavy atom. The maximum Gasteiger partial charge on any atom is 0.213 e. The summed E-state index contributed by atoms with van der Waals surface area (Å²) in [5.41, 5.74) is 0.980. The van der Waals surface area contributed by atoms with Gasteiger partial charge < -0.3 is 4.74 Å². The van der Waals surface area contributed by atoms with Crippen LogP contribution in [0.15, 0.2) is 12.3 Å². The molecule has 0 unspecified atom stereocenters. The van der Waals surface area contributed by atoms with Gasteiger partial charge in [0, 0.05) is 12.3 Å². The van der Waals surface area contributed by atoms with Gasteiger partial charge in [-0.05, 0) is 12.5 Å². The zero-order valence-electron chi connectivity index (χ0n) is 7.89. The smallest absolute Gasteiger partial charge is 0.213 e. The maximum absolute atomic E-state index is 5.72. The van der Waals surface area contributed by atoms with Crippen molar-refractivity contribution in [3.8, 4) is 5.88 Å². The number of pyridine rings is 1. The summed E-state index contributed by atoms with van der Waals surface area (Å²) in [7, 11) is 1.58. The first-order valence-corrected chi connectivity index (χ1v) is 4.28. The molecule has 1 rings (SSSR count). The fourth-order valence-corrected chi connectivity index (χ4v) is 0.729. The van der Waals surface area contributed by atoms with E-state index < -0.39 is 0 Å². The summed E-state index contributed by atoms with van der Waals surface area (Å²) < 4.78 is 4.88. The van der Waals surface area contributed by atoms with Crippen molar-refractivity contribution in [1.82, 2.24) is 4.98 Å². The number of aryl methyl sites for hydroxylation is 1. The molecule has 0 saturated heterocycles. The van der Waals surface area contributed by atoms with Crippen LogP contribution in [0.5, 0.6) is 5.88 Å². The summed E-state index contributed by atoms with van der Waals surface area (Å²) in [5.74, 6) is 0.599. The van der Waals surface area contributed by atoms with E-state index in [2.05, 4.69) is 4.98 Å². The zero-order valence-corrected chi connectivity index (χ0v) is 8.64. The van der Waals surface area contributed by atoms with Crippen LogP contribution in [0.3, 0.4) is 0 Å². The third-order valence-corrected chi connectivity index (χ3v) is 1.63. The van der Waals surface area contributed by atoms with Gasteiger partial charge in [-0.2, -0.15) is 0 Å². The number of hydrogen-bond donors (Lipinski definition) is 0. The highest BCUT2D eigenvalue weighted by Gasteiger charge is 1.96. The Morgan fingerprint density at radius 3 is 2.42 bits per heavy atom. The molecule has 12 heavy (non-hydrogen) atoms. The first-order valence-electron chi connectivity index (χ1n) is 3.90. The number of methoxy groups -OCH3 is 1. The Hall–Kier alpha value is -0.760. The molecule has 3 heteroatoms. The molecule has 2 nitrogen and oxygen atoms in total. The van der Waals surface area contributed by atoms with Gasteiger partial charge in [0.25, 0.3) is 0 Å². The summed E-state index contributed by atoms with van der Waals surface area (Å²) in [6.07, 6.45) is 1.58. The summed E-state index contributed by atoms with van der Waals surface area (Å²) in [6.45, 7) is 5.91. The fraction of sp³-hybridized carbons (Fsp3) is 0.444. The summed E-state index contributed by atoms with van der Waals surface area (Å²) in [6, 6.07) is 1.79. The van der Waals surface area contributed by atoms with Gasteiger partial charge in [0.15, 0.2) is 0 Å². The average Bonchev–Trinajstić information content (AvgIpc) is 2.13. The standard InChI is InChI=1S/C7H8ClNO.C2H6/c1-5-3-7(10-2)9-4-6(5)8;1-2/h3-4H,1-2H3;1-2H3. The Bertz CT molecular complexity index is 238. The molecule has 68 valence electrons. The molecule has 0 spiro atoms. The molecule has 1 heterocycles. The minimum Gasteiger partial charge on any atom is -0.481 e. The molecule has 0 radical (unpaired) electrons. The van der Waals surface area contributed by atoms with Crippen molar-refractivity contribution < 1.29 is 4.74 Å². The van der Waals surface area contributed by atoms with Crippen LogP contribution in [0.1, 0.15) is 19.4 Å². The van der Waals surface area contributed by atoms with Crippen molar-refractivity contribution in [1.29, 1.82) is 0 Å². The molecule has 0 bridgehead atoms. The van der Waals surface area contributed by atoms with E-state index in [-0.39, 0.29) is 0 Å². The number of aromatic nitrogens is 1. The van der Waals surface area contributed by atoms with Gasteiger partial charge in [-0.25, -0.2) is 4.98 Å². The molecule has 0 saturated carbocycles. The van der Waals surface area contributed by atoms with E-state index in [1.807, 2.05) is 20.8 Å². The van der Waals surface area contributed by atoms with E-state index in [4.69, 9.17) is 16.3 Å². The molecule has 1 aromatic heterocycles. The van der Waals surface area contributed by atoms with Crippen molar-refractivity contribution in [3.63, 3.8) is 0 Å². The second-order valence-corrected chi connectivity index (χ2v) is 2.38. The van der Waals surface area contributed by atoms with E-state index in [0.717, 1.165) is 5.56 Å². The maximum atomic E-state index is 5.72. The fourth-order valence-electron chi connectivity index (χ4n) is 0.625. The lowest BCUT2D eigenvalue weighted by Gasteiger charge is -1.99. The van der Waals surface area contributed by atoms with Crippen molar-refractivity contribution in [2.75, 3.05) is 7.11 Å². The Morgan fingerprint density at radius 1 is 1.42 bits per heavy atom. The van der Waals surface area contributed by atoms with E-state index in [9.17, 15) is 0 Å². The largest absolute Gasteiger partial charge is 0.481 e. The van der Waals surface area contributed by atoms with E-state index in [0.29, 0.717) is 10.9 Å². The Labute approximate surface area is 78.5 Å². The molecule has 0 aliphatic heterocycles. The monoisotopic (exact) mass is 187 g/mol. The molecule has 0 fully saturated rings. The highest BCUT2D eigenvalue weighted by molar-refractivity contribution is 6.31. The third-order valence-electron chi connectivity index (χ3n) is 1.23. The molecular formula is C9H14ClNO. The molecule has 0 aromatic carbocycles. The predicted molar refractivity (Wildman–Crippen MR) is 51.9 cm³/mol. The van der Waals surface area contributed by atoms with Crippen LogP contribution < -0.4 is 4.74 Å². The lowest BCUT2D eigenvalue weighted by molar-refractivity contribution is 0.397. The van der Waals surface area contributed by atoms with E-state index in [1.54, 1.807) is 19.4 Å². The minimum atomic E-state index is 0.599. The molecule has 0 N–H and O–H groups in total. The number of ether oxygens (including phenoxy) is 1. The lowest BCUT2D eigenvalue weighted by Crippen LogP contribution is -1.87. The second-order valence-electron chi connectivity index (χ2n) is 1.98. The molecule has 1 aromatic rings.